The van der Waals surface area contributed by atoms with E-state index in [1.54, 1.807) is 7.11 Å². The standard InChI is InChI=1S/C18H30N2O/c1-4-20(13-15-8-7-9-15)18(2,14-19)12-16-10-5-6-11-17(16)21-3/h5-6,10-11,15H,4,7-9,12-14,19H2,1-3H3. The van der Waals surface area contributed by atoms with Gasteiger partial charge in [-0.2, -0.15) is 0 Å². The number of para-hydroxylation sites is 1. The molecule has 0 radical (unpaired) electrons. The van der Waals surface area contributed by atoms with Gasteiger partial charge in [-0.3, -0.25) is 4.90 Å². The lowest BCUT2D eigenvalue weighted by Crippen LogP contribution is -2.55. The maximum atomic E-state index is 6.18. The fraction of sp³-hybridized carbons (Fsp3) is 0.667. The van der Waals surface area contributed by atoms with Gasteiger partial charge in [0.05, 0.1) is 7.11 Å². The quantitative estimate of drug-likeness (QED) is 0.799. The normalized spacial score (nSPS) is 18.3. The van der Waals surface area contributed by atoms with Gasteiger partial charge in [0.2, 0.25) is 0 Å². The van der Waals surface area contributed by atoms with E-state index in [0.29, 0.717) is 6.54 Å². The minimum absolute atomic E-state index is 0.00102. The average molecular weight is 290 g/mol. The Morgan fingerprint density at radius 2 is 2.05 bits per heavy atom. The Balaban J connectivity index is 2.14. The van der Waals surface area contributed by atoms with E-state index in [2.05, 4.69) is 30.9 Å². The highest BCUT2D eigenvalue weighted by Crippen LogP contribution is 2.31. The van der Waals surface area contributed by atoms with E-state index in [0.717, 1.165) is 24.6 Å². The van der Waals surface area contributed by atoms with Crippen LogP contribution in [0.1, 0.15) is 38.7 Å². The second-order valence-corrected chi connectivity index (χ2v) is 6.53. The molecule has 1 aliphatic carbocycles. The molecule has 0 spiro atoms. The van der Waals surface area contributed by atoms with Crippen LogP contribution in [0.25, 0.3) is 0 Å². The van der Waals surface area contributed by atoms with Crippen molar-refractivity contribution in [1.82, 2.24) is 4.90 Å². The van der Waals surface area contributed by atoms with Crippen molar-refractivity contribution in [3.63, 3.8) is 0 Å². The first-order chi connectivity index (χ1) is 10.1. The predicted molar refractivity (Wildman–Crippen MR) is 88.7 cm³/mol. The lowest BCUT2D eigenvalue weighted by molar-refractivity contribution is 0.0755. The molecule has 3 heteroatoms. The fourth-order valence-electron chi connectivity index (χ4n) is 3.29. The molecule has 0 aromatic heterocycles. The topological polar surface area (TPSA) is 38.5 Å². The van der Waals surface area contributed by atoms with E-state index in [1.165, 1.54) is 31.4 Å². The van der Waals surface area contributed by atoms with Gasteiger partial charge in [-0.25, -0.2) is 0 Å². The SMILES string of the molecule is CCN(CC1CCC1)C(C)(CN)Cc1ccccc1OC. The number of likely N-dealkylation sites (N-methyl/N-ethyl adjacent to an activating group) is 1. The number of benzene rings is 1. The molecule has 21 heavy (non-hydrogen) atoms. The Morgan fingerprint density at radius 1 is 1.33 bits per heavy atom. The summed E-state index contributed by atoms with van der Waals surface area (Å²) < 4.78 is 5.50. The van der Waals surface area contributed by atoms with Crippen molar-refractivity contribution in [2.24, 2.45) is 11.7 Å². The number of hydrogen-bond donors (Lipinski definition) is 1. The van der Waals surface area contributed by atoms with E-state index in [9.17, 15) is 0 Å². The lowest BCUT2D eigenvalue weighted by atomic mass is 9.82. The molecule has 0 bridgehead atoms. The molecular formula is C18H30N2O. The summed E-state index contributed by atoms with van der Waals surface area (Å²) in [5, 5.41) is 0. The fourth-order valence-corrected chi connectivity index (χ4v) is 3.29. The number of rotatable bonds is 8. The summed E-state index contributed by atoms with van der Waals surface area (Å²) in [5.41, 5.74) is 7.42. The minimum atomic E-state index is -0.00102. The van der Waals surface area contributed by atoms with E-state index in [-0.39, 0.29) is 5.54 Å². The molecule has 1 aromatic carbocycles. The molecule has 3 nitrogen and oxygen atoms in total. The van der Waals surface area contributed by atoms with Gasteiger partial charge in [-0.05, 0) is 50.3 Å². The minimum Gasteiger partial charge on any atom is -0.496 e. The number of hydrogen-bond acceptors (Lipinski definition) is 3. The molecule has 0 aliphatic heterocycles. The molecule has 1 atom stereocenters. The molecule has 1 unspecified atom stereocenters. The Bertz CT molecular complexity index is 445. The monoisotopic (exact) mass is 290 g/mol. The van der Waals surface area contributed by atoms with Crippen LogP contribution in [0, 0.1) is 5.92 Å². The van der Waals surface area contributed by atoms with Crippen LogP contribution in [0.2, 0.25) is 0 Å². The van der Waals surface area contributed by atoms with E-state index >= 15 is 0 Å². The molecule has 118 valence electrons. The van der Waals surface area contributed by atoms with Crippen LogP contribution in [-0.4, -0.2) is 37.2 Å². The van der Waals surface area contributed by atoms with Crippen molar-refractivity contribution >= 4 is 0 Å². The third-order valence-electron chi connectivity index (χ3n) is 5.05. The first-order valence-corrected chi connectivity index (χ1v) is 8.20. The first kappa shape index (κ1) is 16.3. The molecule has 2 rings (SSSR count). The molecule has 2 N–H and O–H groups in total. The third-order valence-corrected chi connectivity index (χ3v) is 5.05. The number of nitrogens with two attached hydrogens (primary N) is 1. The summed E-state index contributed by atoms with van der Waals surface area (Å²) in [4.78, 5) is 2.57. The zero-order valence-electron chi connectivity index (χ0n) is 13.8. The van der Waals surface area contributed by atoms with Crippen LogP contribution in [-0.2, 0) is 6.42 Å². The summed E-state index contributed by atoms with van der Waals surface area (Å²) >= 11 is 0. The van der Waals surface area contributed by atoms with Gasteiger partial charge in [-0.1, -0.05) is 31.5 Å². The third kappa shape index (κ3) is 3.78. The summed E-state index contributed by atoms with van der Waals surface area (Å²) in [6.07, 6.45) is 5.10. The largest absolute Gasteiger partial charge is 0.496 e. The summed E-state index contributed by atoms with van der Waals surface area (Å²) in [6, 6.07) is 8.30. The van der Waals surface area contributed by atoms with Gasteiger partial charge in [0.25, 0.3) is 0 Å². The van der Waals surface area contributed by atoms with E-state index in [4.69, 9.17) is 10.5 Å². The van der Waals surface area contributed by atoms with Crippen LogP contribution in [0.3, 0.4) is 0 Å². The Hall–Kier alpha value is -1.06. The van der Waals surface area contributed by atoms with Crippen LogP contribution in [0.4, 0.5) is 0 Å². The molecule has 1 aromatic rings. The van der Waals surface area contributed by atoms with Crippen LogP contribution in [0.15, 0.2) is 24.3 Å². The van der Waals surface area contributed by atoms with Gasteiger partial charge in [0.1, 0.15) is 5.75 Å². The highest BCUT2D eigenvalue weighted by atomic mass is 16.5. The molecule has 0 heterocycles. The molecule has 0 amide bonds. The van der Waals surface area contributed by atoms with E-state index in [1.807, 2.05) is 12.1 Å². The van der Waals surface area contributed by atoms with Crippen LogP contribution >= 0.6 is 0 Å². The second-order valence-electron chi connectivity index (χ2n) is 6.53. The Morgan fingerprint density at radius 3 is 2.57 bits per heavy atom. The van der Waals surface area contributed by atoms with Gasteiger partial charge >= 0.3 is 0 Å². The summed E-state index contributed by atoms with van der Waals surface area (Å²) in [6.45, 7) is 7.45. The number of ether oxygens (including phenoxy) is 1. The van der Waals surface area contributed by atoms with Crippen LogP contribution in [0.5, 0.6) is 5.75 Å². The molecule has 1 saturated carbocycles. The maximum Gasteiger partial charge on any atom is 0.122 e. The van der Waals surface area contributed by atoms with Crippen molar-refractivity contribution in [3.05, 3.63) is 29.8 Å². The molecular weight excluding hydrogens is 260 g/mol. The smallest absolute Gasteiger partial charge is 0.122 e. The second kappa shape index (κ2) is 7.28. The van der Waals surface area contributed by atoms with Gasteiger partial charge < -0.3 is 10.5 Å². The lowest BCUT2D eigenvalue weighted by Gasteiger charge is -2.44. The summed E-state index contributed by atoms with van der Waals surface area (Å²) in [5.74, 6) is 1.84. The van der Waals surface area contributed by atoms with Crippen molar-refractivity contribution in [1.29, 1.82) is 0 Å². The van der Waals surface area contributed by atoms with Crippen molar-refractivity contribution in [3.8, 4) is 5.75 Å². The molecule has 1 fully saturated rings. The summed E-state index contributed by atoms with van der Waals surface area (Å²) in [7, 11) is 1.74. The van der Waals surface area contributed by atoms with Gasteiger partial charge in [0, 0.05) is 18.6 Å². The zero-order chi connectivity index (χ0) is 15.3. The first-order valence-electron chi connectivity index (χ1n) is 8.20. The van der Waals surface area contributed by atoms with Crippen LogP contribution < -0.4 is 10.5 Å². The molecule has 1 aliphatic rings. The Labute approximate surface area is 129 Å². The van der Waals surface area contributed by atoms with Crippen molar-refractivity contribution in [2.45, 2.75) is 45.1 Å². The Kier molecular flexibility index (Phi) is 5.65. The van der Waals surface area contributed by atoms with Gasteiger partial charge in [-0.15, -0.1) is 0 Å². The highest BCUT2D eigenvalue weighted by Gasteiger charge is 2.33. The zero-order valence-corrected chi connectivity index (χ0v) is 13.8. The van der Waals surface area contributed by atoms with Crippen molar-refractivity contribution < 1.29 is 4.74 Å². The number of methoxy groups -OCH3 is 1. The van der Waals surface area contributed by atoms with Gasteiger partial charge in [0.15, 0.2) is 0 Å². The predicted octanol–water partition coefficient (Wildman–Crippen LogP) is 3.08. The maximum absolute atomic E-state index is 6.18. The van der Waals surface area contributed by atoms with E-state index < -0.39 is 0 Å². The molecule has 0 saturated heterocycles. The number of nitrogens with zero attached hydrogens (tertiary/aromatic N) is 1. The average Bonchev–Trinajstić information content (AvgIpc) is 2.46. The highest BCUT2D eigenvalue weighted by molar-refractivity contribution is 5.34. The van der Waals surface area contributed by atoms with Crippen molar-refractivity contribution in [2.75, 3.05) is 26.7 Å².